The number of hydrogen-bond donors (Lipinski definition) is 3. The van der Waals surface area contributed by atoms with Crippen LogP contribution in [0, 0.1) is 17.8 Å². The van der Waals surface area contributed by atoms with Gasteiger partial charge in [0.2, 0.25) is 5.95 Å². The van der Waals surface area contributed by atoms with E-state index in [0.717, 1.165) is 13.1 Å². The van der Waals surface area contributed by atoms with Crippen molar-refractivity contribution in [3.63, 3.8) is 0 Å². The van der Waals surface area contributed by atoms with E-state index in [1.807, 2.05) is 0 Å². The predicted octanol–water partition coefficient (Wildman–Crippen LogP) is 1.58. The van der Waals surface area contributed by atoms with Gasteiger partial charge in [-0.15, -0.1) is 0 Å². The summed E-state index contributed by atoms with van der Waals surface area (Å²) in [6.07, 6.45) is 2.98. The topological polar surface area (TPSA) is 89.7 Å². The minimum absolute atomic E-state index is 0.0681. The molecule has 0 aromatic carbocycles. The SMILES string of the molecule is Oc1ccc(C(O)CN2C[C@@H]3C[C@@](O)(c4cccnc4F)C[C@@H]3C2)nc1. The summed E-state index contributed by atoms with van der Waals surface area (Å²) >= 11 is 0. The zero-order valence-corrected chi connectivity index (χ0v) is 14.3. The first-order valence-corrected chi connectivity index (χ1v) is 8.83. The fraction of sp³-hybridized carbons (Fsp3) is 0.474. The molecule has 0 amide bonds. The van der Waals surface area contributed by atoms with E-state index in [2.05, 4.69) is 14.9 Å². The van der Waals surface area contributed by atoms with Crippen LogP contribution < -0.4 is 0 Å². The first-order valence-electron chi connectivity index (χ1n) is 8.83. The van der Waals surface area contributed by atoms with Gasteiger partial charge in [0.05, 0.1) is 17.5 Å². The molecule has 2 aromatic heterocycles. The first kappa shape index (κ1) is 17.3. The van der Waals surface area contributed by atoms with Crippen LogP contribution in [-0.2, 0) is 5.60 Å². The number of β-amino-alcohol motifs (C(OH)–C–C–N with tert-alkyl or cyclic N) is 1. The lowest BCUT2D eigenvalue weighted by molar-refractivity contribution is 0.0247. The van der Waals surface area contributed by atoms with Gasteiger partial charge in [-0.1, -0.05) is 6.07 Å². The van der Waals surface area contributed by atoms with Crippen molar-refractivity contribution in [3.8, 4) is 5.75 Å². The summed E-state index contributed by atoms with van der Waals surface area (Å²) in [6, 6.07) is 6.38. The summed E-state index contributed by atoms with van der Waals surface area (Å²) < 4.78 is 14.0. The number of likely N-dealkylation sites (tertiary alicyclic amines) is 1. The summed E-state index contributed by atoms with van der Waals surface area (Å²) in [5.41, 5.74) is -0.347. The van der Waals surface area contributed by atoms with E-state index >= 15 is 0 Å². The molecule has 1 aliphatic heterocycles. The third kappa shape index (κ3) is 3.18. The van der Waals surface area contributed by atoms with Crippen LogP contribution in [-0.4, -0.2) is 49.8 Å². The van der Waals surface area contributed by atoms with Crippen molar-refractivity contribution in [1.82, 2.24) is 14.9 Å². The van der Waals surface area contributed by atoms with E-state index in [0.29, 0.717) is 25.1 Å². The maximum absolute atomic E-state index is 14.0. The van der Waals surface area contributed by atoms with Crippen LogP contribution >= 0.6 is 0 Å². The standard InChI is InChI=1S/C19H22FN3O3/c20-18-15(2-1-5-21-18)19(26)6-12-9-23(10-13(12)7-19)11-17(25)16-4-3-14(24)8-22-16/h1-5,8,12-13,17,24-26H,6-7,9-11H2/t12-,13+,17?,19-. The second-order valence-corrected chi connectivity index (χ2v) is 7.48. The minimum Gasteiger partial charge on any atom is -0.506 e. The number of rotatable bonds is 4. The van der Waals surface area contributed by atoms with Gasteiger partial charge < -0.3 is 15.3 Å². The Hall–Kier alpha value is -2.09. The molecular weight excluding hydrogens is 337 g/mol. The maximum Gasteiger partial charge on any atom is 0.218 e. The predicted molar refractivity (Wildman–Crippen MR) is 91.6 cm³/mol. The summed E-state index contributed by atoms with van der Waals surface area (Å²) in [5.74, 6) is -0.00148. The Morgan fingerprint density at radius 3 is 2.54 bits per heavy atom. The highest BCUT2D eigenvalue weighted by molar-refractivity contribution is 5.23. The fourth-order valence-corrected chi connectivity index (χ4v) is 4.48. The molecule has 4 rings (SSSR count). The van der Waals surface area contributed by atoms with Gasteiger partial charge in [0.15, 0.2) is 0 Å². The number of aliphatic hydroxyl groups is 2. The number of aromatic hydroxyl groups is 1. The lowest BCUT2D eigenvalue weighted by Crippen LogP contribution is -2.31. The quantitative estimate of drug-likeness (QED) is 0.719. The van der Waals surface area contributed by atoms with E-state index in [1.165, 1.54) is 18.5 Å². The summed E-state index contributed by atoms with van der Waals surface area (Å²) in [4.78, 5) is 9.87. The van der Waals surface area contributed by atoms with Crippen LogP contribution in [0.3, 0.4) is 0 Å². The Morgan fingerprint density at radius 2 is 1.92 bits per heavy atom. The molecule has 0 radical (unpaired) electrons. The Morgan fingerprint density at radius 1 is 1.19 bits per heavy atom. The normalized spacial score (nSPS) is 29.7. The van der Waals surface area contributed by atoms with Gasteiger partial charge in [0.1, 0.15) is 11.9 Å². The van der Waals surface area contributed by atoms with E-state index in [1.54, 1.807) is 18.2 Å². The highest BCUT2D eigenvalue weighted by atomic mass is 19.1. The smallest absolute Gasteiger partial charge is 0.218 e. The van der Waals surface area contributed by atoms with Crippen molar-refractivity contribution in [2.75, 3.05) is 19.6 Å². The molecule has 2 fully saturated rings. The molecule has 1 aliphatic carbocycles. The summed E-state index contributed by atoms with van der Waals surface area (Å²) in [6.45, 7) is 1.96. The molecule has 2 aliphatic rings. The molecule has 0 bridgehead atoms. The number of aliphatic hydroxyl groups excluding tert-OH is 1. The summed E-state index contributed by atoms with van der Waals surface area (Å²) in [7, 11) is 0. The second-order valence-electron chi connectivity index (χ2n) is 7.48. The molecular formula is C19H22FN3O3. The molecule has 1 saturated heterocycles. The van der Waals surface area contributed by atoms with Crippen LogP contribution in [0.5, 0.6) is 5.75 Å². The number of fused-ring (bicyclic) bond motifs is 1. The molecule has 2 aromatic rings. The van der Waals surface area contributed by atoms with Gasteiger partial charge in [0, 0.05) is 31.4 Å². The average molecular weight is 359 g/mol. The molecule has 4 atom stereocenters. The molecule has 6 nitrogen and oxygen atoms in total. The lowest BCUT2D eigenvalue weighted by atomic mass is 9.91. The number of aromatic nitrogens is 2. The molecule has 7 heteroatoms. The molecule has 138 valence electrons. The minimum atomic E-state index is -1.16. The molecule has 1 saturated carbocycles. The van der Waals surface area contributed by atoms with Crippen molar-refractivity contribution >= 4 is 0 Å². The zero-order chi connectivity index (χ0) is 18.3. The zero-order valence-electron chi connectivity index (χ0n) is 14.3. The molecule has 1 unspecified atom stereocenters. The van der Waals surface area contributed by atoms with Crippen molar-refractivity contribution in [2.45, 2.75) is 24.5 Å². The average Bonchev–Trinajstić information content (AvgIpc) is 3.10. The van der Waals surface area contributed by atoms with E-state index < -0.39 is 17.7 Å². The number of nitrogens with zero attached hydrogens (tertiary/aromatic N) is 3. The monoisotopic (exact) mass is 359 g/mol. The Kier molecular flexibility index (Phi) is 4.38. The van der Waals surface area contributed by atoms with E-state index in [4.69, 9.17) is 0 Å². The number of pyridine rings is 2. The highest BCUT2D eigenvalue weighted by Crippen LogP contribution is 2.49. The largest absolute Gasteiger partial charge is 0.506 e. The summed E-state index contributed by atoms with van der Waals surface area (Å²) in [5, 5.41) is 30.6. The van der Waals surface area contributed by atoms with E-state index in [-0.39, 0.29) is 23.1 Å². The van der Waals surface area contributed by atoms with Crippen LogP contribution in [0.4, 0.5) is 4.39 Å². The van der Waals surface area contributed by atoms with Gasteiger partial charge in [-0.05, 0) is 42.9 Å². The highest BCUT2D eigenvalue weighted by Gasteiger charge is 2.50. The van der Waals surface area contributed by atoms with Crippen LogP contribution in [0.25, 0.3) is 0 Å². The maximum atomic E-state index is 14.0. The van der Waals surface area contributed by atoms with Gasteiger partial charge >= 0.3 is 0 Å². The second kappa shape index (κ2) is 6.57. The lowest BCUT2D eigenvalue weighted by Gasteiger charge is -2.27. The van der Waals surface area contributed by atoms with Crippen LogP contribution in [0.2, 0.25) is 0 Å². The molecule has 3 heterocycles. The Balaban J connectivity index is 1.39. The van der Waals surface area contributed by atoms with Crippen LogP contribution in [0.1, 0.15) is 30.2 Å². The Bertz CT molecular complexity index is 772. The molecule has 3 N–H and O–H groups in total. The van der Waals surface area contributed by atoms with Gasteiger partial charge in [-0.2, -0.15) is 4.39 Å². The molecule has 26 heavy (non-hydrogen) atoms. The van der Waals surface area contributed by atoms with Crippen LogP contribution in [0.15, 0.2) is 36.7 Å². The first-order chi connectivity index (χ1) is 12.4. The van der Waals surface area contributed by atoms with Gasteiger partial charge in [-0.25, -0.2) is 4.98 Å². The third-order valence-corrected chi connectivity index (χ3v) is 5.66. The number of halogens is 1. The Labute approximate surface area is 151 Å². The van der Waals surface area contributed by atoms with E-state index in [9.17, 15) is 19.7 Å². The van der Waals surface area contributed by atoms with Gasteiger partial charge in [-0.3, -0.25) is 9.88 Å². The molecule has 0 spiro atoms. The van der Waals surface area contributed by atoms with Crippen molar-refractivity contribution in [3.05, 3.63) is 53.9 Å². The van der Waals surface area contributed by atoms with Crippen molar-refractivity contribution in [2.24, 2.45) is 11.8 Å². The van der Waals surface area contributed by atoms with Gasteiger partial charge in [0.25, 0.3) is 0 Å². The van der Waals surface area contributed by atoms with Crippen molar-refractivity contribution < 1.29 is 19.7 Å². The number of hydrogen-bond acceptors (Lipinski definition) is 6. The van der Waals surface area contributed by atoms with Crippen molar-refractivity contribution in [1.29, 1.82) is 0 Å². The third-order valence-electron chi connectivity index (χ3n) is 5.66. The fourth-order valence-electron chi connectivity index (χ4n) is 4.48.